The fourth-order valence-electron chi connectivity index (χ4n) is 3.83. The maximum absolute atomic E-state index is 14.6. The molecule has 0 N–H and O–H groups in total. The average molecular weight is 442 g/mol. The van der Waals surface area contributed by atoms with Gasteiger partial charge in [0.25, 0.3) is 0 Å². The van der Waals surface area contributed by atoms with Gasteiger partial charge in [0.1, 0.15) is 12.4 Å². The number of benzene rings is 2. The van der Waals surface area contributed by atoms with Gasteiger partial charge in [-0.25, -0.2) is 13.2 Å². The van der Waals surface area contributed by atoms with E-state index in [4.69, 9.17) is 0 Å². The second-order valence-corrected chi connectivity index (χ2v) is 8.12. The van der Waals surface area contributed by atoms with E-state index in [1.54, 1.807) is 12.1 Å². The lowest BCUT2D eigenvalue weighted by Crippen LogP contribution is -2.17. The molecule has 31 heavy (non-hydrogen) atoms. The first kappa shape index (κ1) is 23.4. The summed E-state index contributed by atoms with van der Waals surface area (Å²) in [7, 11) is 0. The molecule has 168 valence electrons. The molecule has 0 aliphatic heterocycles. The highest BCUT2D eigenvalue weighted by atomic mass is 19.4. The zero-order valence-corrected chi connectivity index (χ0v) is 17.1. The Kier molecular flexibility index (Phi) is 7.46. The summed E-state index contributed by atoms with van der Waals surface area (Å²) in [6.07, 6.45) is -0.0768. The van der Waals surface area contributed by atoms with Crippen LogP contribution in [0.1, 0.15) is 60.8 Å². The second-order valence-electron chi connectivity index (χ2n) is 8.12. The molecule has 1 nitrogen and oxygen atoms in total. The van der Waals surface area contributed by atoms with Crippen LogP contribution < -0.4 is 0 Å². The SMILES string of the molecule is CC1CCC(c2ccc(/C(F)=C(/F)c3ccc(COCC(F)(F)F)c(F)c3)cc2)CC1. The van der Waals surface area contributed by atoms with E-state index < -0.39 is 36.9 Å². The van der Waals surface area contributed by atoms with Crippen molar-refractivity contribution in [2.45, 2.75) is 51.3 Å². The van der Waals surface area contributed by atoms with Crippen molar-refractivity contribution >= 4 is 11.7 Å². The van der Waals surface area contributed by atoms with Crippen LogP contribution in [0, 0.1) is 11.7 Å². The Morgan fingerprint density at radius 3 is 2.06 bits per heavy atom. The molecule has 0 unspecified atom stereocenters. The lowest BCUT2D eigenvalue weighted by molar-refractivity contribution is -0.176. The smallest absolute Gasteiger partial charge is 0.367 e. The molecule has 2 aromatic carbocycles. The van der Waals surface area contributed by atoms with Gasteiger partial charge in [0, 0.05) is 16.7 Å². The molecule has 1 saturated carbocycles. The molecule has 0 saturated heterocycles. The summed E-state index contributed by atoms with van der Waals surface area (Å²) >= 11 is 0. The second kappa shape index (κ2) is 9.90. The van der Waals surface area contributed by atoms with Crippen LogP contribution in [0.5, 0.6) is 0 Å². The number of hydrogen-bond acceptors (Lipinski definition) is 1. The number of halogens is 6. The van der Waals surface area contributed by atoms with Crippen LogP contribution >= 0.6 is 0 Å². The summed E-state index contributed by atoms with van der Waals surface area (Å²) in [5.41, 5.74) is 0.633. The molecule has 0 atom stereocenters. The lowest BCUT2D eigenvalue weighted by Gasteiger charge is -2.26. The topological polar surface area (TPSA) is 9.23 Å². The number of alkyl halides is 3. The van der Waals surface area contributed by atoms with Crippen molar-refractivity contribution in [3.8, 4) is 0 Å². The van der Waals surface area contributed by atoms with Crippen LogP contribution in [0.15, 0.2) is 42.5 Å². The summed E-state index contributed by atoms with van der Waals surface area (Å²) in [6.45, 7) is 0.0843. The van der Waals surface area contributed by atoms with Gasteiger partial charge >= 0.3 is 6.18 Å². The van der Waals surface area contributed by atoms with Gasteiger partial charge in [-0.3, -0.25) is 0 Å². The lowest BCUT2D eigenvalue weighted by atomic mass is 9.79. The number of hydrogen-bond donors (Lipinski definition) is 0. The molecule has 1 aliphatic rings. The fraction of sp³-hybridized carbons (Fsp3) is 0.417. The van der Waals surface area contributed by atoms with E-state index in [9.17, 15) is 26.3 Å². The molecule has 0 bridgehead atoms. The van der Waals surface area contributed by atoms with Gasteiger partial charge in [0.15, 0.2) is 11.7 Å². The van der Waals surface area contributed by atoms with Crippen molar-refractivity contribution in [1.82, 2.24) is 0 Å². The predicted octanol–water partition coefficient (Wildman–Crippen LogP) is 7.96. The maximum atomic E-state index is 14.6. The third-order valence-corrected chi connectivity index (χ3v) is 5.67. The first-order valence-corrected chi connectivity index (χ1v) is 10.2. The van der Waals surface area contributed by atoms with E-state index in [1.807, 2.05) is 0 Å². The molecular weight excluding hydrogens is 418 g/mol. The van der Waals surface area contributed by atoms with Crippen LogP contribution in [-0.4, -0.2) is 12.8 Å². The van der Waals surface area contributed by atoms with Gasteiger partial charge in [-0.15, -0.1) is 0 Å². The van der Waals surface area contributed by atoms with Crippen LogP contribution in [0.4, 0.5) is 26.3 Å². The van der Waals surface area contributed by atoms with Crippen molar-refractivity contribution in [3.05, 3.63) is 70.5 Å². The average Bonchev–Trinajstić information content (AvgIpc) is 2.73. The maximum Gasteiger partial charge on any atom is 0.411 e. The zero-order chi connectivity index (χ0) is 22.6. The van der Waals surface area contributed by atoms with E-state index in [0.717, 1.165) is 49.4 Å². The Labute approximate surface area is 177 Å². The van der Waals surface area contributed by atoms with Crippen molar-refractivity contribution in [2.24, 2.45) is 5.92 Å². The third kappa shape index (κ3) is 6.35. The Hall–Kier alpha value is -2.28. The summed E-state index contributed by atoms with van der Waals surface area (Å²) in [5.74, 6) is -2.19. The molecule has 0 amide bonds. The van der Waals surface area contributed by atoms with Crippen molar-refractivity contribution < 1.29 is 31.1 Å². The Bertz CT molecular complexity index is 909. The van der Waals surface area contributed by atoms with Crippen LogP contribution in [0.25, 0.3) is 11.7 Å². The van der Waals surface area contributed by atoms with Gasteiger partial charge in [0.05, 0.1) is 6.61 Å². The third-order valence-electron chi connectivity index (χ3n) is 5.67. The summed E-state index contributed by atoms with van der Waals surface area (Å²) < 4.78 is 84.1. The van der Waals surface area contributed by atoms with Crippen LogP contribution in [0.2, 0.25) is 0 Å². The Balaban J connectivity index is 1.70. The minimum absolute atomic E-state index is 0.0448. The van der Waals surface area contributed by atoms with Crippen molar-refractivity contribution in [3.63, 3.8) is 0 Å². The monoisotopic (exact) mass is 442 g/mol. The molecule has 3 rings (SSSR count). The highest BCUT2D eigenvalue weighted by Gasteiger charge is 2.27. The van der Waals surface area contributed by atoms with E-state index in [0.29, 0.717) is 11.8 Å². The molecule has 2 aromatic rings. The summed E-state index contributed by atoms with van der Waals surface area (Å²) in [4.78, 5) is 0. The highest BCUT2D eigenvalue weighted by Crippen LogP contribution is 2.36. The number of rotatable bonds is 6. The molecule has 0 aromatic heterocycles. The largest absolute Gasteiger partial charge is 0.411 e. The quantitative estimate of drug-likeness (QED) is 0.326. The standard InChI is InChI=1S/C24H24F6O/c1-15-2-4-16(5-3-15)17-6-8-18(9-7-17)22(26)23(27)19-10-11-20(21(25)12-19)13-31-14-24(28,29)30/h6-12,15-16H,2-5,13-14H2,1H3/b23-22-. The molecule has 7 heteroatoms. The van der Waals surface area contributed by atoms with E-state index in [1.165, 1.54) is 12.1 Å². The van der Waals surface area contributed by atoms with Crippen LogP contribution in [-0.2, 0) is 11.3 Å². The molecular formula is C24H24F6O. The molecule has 0 spiro atoms. The first-order chi connectivity index (χ1) is 14.6. The molecule has 0 heterocycles. The molecule has 1 fully saturated rings. The summed E-state index contributed by atoms with van der Waals surface area (Å²) in [6, 6.07) is 9.56. The van der Waals surface area contributed by atoms with E-state index in [-0.39, 0.29) is 16.7 Å². The first-order valence-electron chi connectivity index (χ1n) is 10.2. The number of ether oxygens (including phenoxy) is 1. The summed E-state index contributed by atoms with van der Waals surface area (Å²) in [5, 5.41) is 0. The van der Waals surface area contributed by atoms with Gasteiger partial charge < -0.3 is 4.74 Å². The normalized spacial score (nSPS) is 20.5. The van der Waals surface area contributed by atoms with Gasteiger partial charge in [-0.1, -0.05) is 56.2 Å². The fourth-order valence-corrected chi connectivity index (χ4v) is 3.83. The van der Waals surface area contributed by atoms with Crippen molar-refractivity contribution in [2.75, 3.05) is 6.61 Å². The van der Waals surface area contributed by atoms with Gasteiger partial charge in [-0.05, 0) is 36.3 Å². The molecule has 1 aliphatic carbocycles. The van der Waals surface area contributed by atoms with Crippen LogP contribution in [0.3, 0.4) is 0 Å². The predicted molar refractivity (Wildman–Crippen MR) is 108 cm³/mol. The van der Waals surface area contributed by atoms with Gasteiger partial charge in [-0.2, -0.15) is 13.2 Å². The minimum atomic E-state index is -4.53. The van der Waals surface area contributed by atoms with E-state index >= 15 is 0 Å². The van der Waals surface area contributed by atoms with Gasteiger partial charge in [0.2, 0.25) is 0 Å². The molecule has 0 radical (unpaired) electrons. The van der Waals surface area contributed by atoms with Crippen molar-refractivity contribution in [1.29, 1.82) is 0 Å². The van der Waals surface area contributed by atoms with E-state index in [2.05, 4.69) is 11.7 Å². The zero-order valence-electron chi connectivity index (χ0n) is 17.1. The Morgan fingerprint density at radius 1 is 0.903 bits per heavy atom. The highest BCUT2D eigenvalue weighted by molar-refractivity contribution is 5.83. The minimum Gasteiger partial charge on any atom is -0.367 e. The Morgan fingerprint density at radius 2 is 1.48 bits per heavy atom.